The van der Waals surface area contributed by atoms with E-state index in [-0.39, 0.29) is 0 Å². The molecule has 3 aromatic rings. The van der Waals surface area contributed by atoms with E-state index in [0.717, 1.165) is 47.4 Å². The summed E-state index contributed by atoms with van der Waals surface area (Å²) in [5, 5.41) is 45.7. The van der Waals surface area contributed by atoms with Crippen LogP contribution in [0.5, 0.6) is 11.5 Å². The second kappa shape index (κ2) is 9.16. The van der Waals surface area contributed by atoms with Crippen LogP contribution in [-0.2, 0) is 31.0 Å². The van der Waals surface area contributed by atoms with E-state index in [1.54, 1.807) is 4.68 Å². The molecule has 182 valence electrons. The summed E-state index contributed by atoms with van der Waals surface area (Å²) in [7, 11) is 1.87. The molecule has 2 aromatic carbocycles. The largest absolute Gasteiger partial charge is 0.493 e. The van der Waals surface area contributed by atoms with E-state index in [1.807, 2.05) is 32.2 Å². The fraction of sp³-hybridized carbons (Fsp3) is 0.480. The summed E-state index contributed by atoms with van der Waals surface area (Å²) in [4.78, 5) is 0. The van der Waals surface area contributed by atoms with Gasteiger partial charge in [-0.2, -0.15) is 5.10 Å². The van der Waals surface area contributed by atoms with Crippen molar-refractivity contribution in [2.45, 2.75) is 56.9 Å². The molecule has 4 N–H and O–H groups in total. The van der Waals surface area contributed by atoms with Crippen molar-refractivity contribution in [3.05, 3.63) is 52.7 Å². The molecular formula is C25H30N2O7. The van der Waals surface area contributed by atoms with Gasteiger partial charge in [-0.25, -0.2) is 0 Å². The molecule has 0 radical (unpaired) electrons. The monoisotopic (exact) mass is 470 g/mol. The Kier molecular flexibility index (Phi) is 6.22. The molecule has 0 saturated carbocycles. The third-order valence-corrected chi connectivity index (χ3v) is 6.63. The number of aliphatic hydroxyl groups excluding tert-OH is 4. The van der Waals surface area contributed by atoms with E-state index in [9.17, 15) is 20.4 Å². The van der Waals surface area contributed by atoms with Crippen LogP contribution in [0.3, 0.4) is 0 Å². The minimum absolute atomic E-state index is 0.463. The number of benzene rings is 2. The summed E-state index contributed by atoms with van der Waals surface area (Å²) in [6.45, 7) is 2.14. The molecule has 3 heterocycles. The Morgan fingerprint density at radius 1 is 1.09 bits per heavy atom. The lowest BCUT2D eigenvalue weighted by atomic mass is 9.99. The maximum atomic E-state index is 10.5. The Hall–Kier alpha value is -2.69. The molecule has 0 amide bonds. The van der Waals surface area contributed by atoms with E-state index in [2.05, 4.69) is 12.1 Å². The van der Waals surface area contributed by atoms with Crippen molar-refractivity contribution in [1.82, 2.24) is 9.78 Å². The molecule has 5 rings (SSSR count). The highest BCUT2D eigenvalue weighted by Crippen LogP contribution is 2.34. The van der Waals surface area contributed by atoms with E-state index < -0.39 is 37.3 Å². The molecule has 9 nitrogen and oxygen atoms in total. The normalized spacial score (nSPS) is 26.5. The van der Waals surface area contributed by atoms with Gasteiger partial charge in [-0.05, 0) is 54.7 Å². The van der Waals surface area contributed by atoms with Crippen LogP contribution in [-0.4, -0.2) is 74.1 Å². The van der Waals surface area contributed by atoms with Crippen LogP contribution in [0.25, 0.3) is 10.9 Å². The predicted molar refractivity (Wildman–Crippen MR) is 123 cm³/mol. The average Bonchev–Trinajstić information content (AvgIpc) is 3.41. The quantitative estimate of drug-likeness (QED) is 0.416. The molecule has 9 heteroatoms. The highest BCUT2D eigenvalue weighted by Gasteiger charge is 2.45. The molecule has 5 unspecified atom stereocenters. The Bertz CT molecular complexity index is 1190. The lowest BCUT2D eigenvalue weighted by Gasteiger charge is -2.39. The van der Waals surface area contributed by atoms with Crippen LogP contribution in [0, 0.1) is 6.92 Å². The van der Waals surface area contributed by atoms with Crippen LogP contribution in [0.2, 0.25) is 0 Å². The average molecular weight is 471 g/mol. The first-order valence-corrected chi connectivity index (χ1v) is 11.5. The van der Waals surface area contributed by atoms with Crippen molar-refractivity contribution in [2.75, 3.05) is 13.2 Å². The number of hydrogen-bond acceptors (Lipinski definition) is 8. The minimum atomic E-state index is -1.51. The molecule has 2 aliphatic heterocycles. The second-order valence-electron chi connectivity index (χ2n) is 9.08. The van der Waals surface area contributed by atoms with Gasteiger partial charge < -0.3 is 34.6 Å². The zero-order valence-corrected chi connectivity index (χ0v) is 19.2. The van der Waals surface area contributed by atoms with Gasteiger partial charge in [0.25, 0.3) is 0 Å². The molecule has 2 aliphatic rings. The summed E-state index contributed by atoms with van der Waals surface area (Å²) in [5.74, 6) is 1.42. The van der Waals surface area contributed by atoms with E-state index in [1.165, 1.54) is 11.1 Å². The number of hydrogen-bond donors (Lipinski definition) is 4. The summed E-state index contributed by atoms with van der Waals surface area (Å²) in [5.41, 5.74) is 5.07. The number of nitrogens with zero attached hydrogens (tertiary/aromatic N) is 2. The smallest absolute Gasteiger partial charge is 0.229 e. The Balaban J connectivity index is 1.44. The molecular weight excluding hydrogens is 440 g/mol. The fourth-order valence-corrected chi connectivity index (χ4v) is 4.78. The number of ether oxygens (including phenoxy) is 3. The molecule has 1 aromatic heterocycles. The van der Waals surface area contributed by atoms with Gasteiger partial charge in [0.15, 0.2) is 0 Å². The Morgan fingerprint density at radius 3 is 2.71 bits per heavy atom. The van der Waals surface area contributed by atoms with Crippen molar-refractivity contribution in [1.29, 1.82) is 0 Å². The van der Waals surface area contributed by atoms with Crippen molar-refractivity contribution >= 4 is 10.9 Å². The summed E-state index contributed by atoms with van der Waals surface area (Å²) >= 11 is 0. The van der Waals surface area contributed by atoms with Crippen LogP contribution >= 0.6 is 0 Å². The number of fused-ring (bicyclic) bond motifs is 2. The first-order chi connectivity index (χ1) is 16.4. The maximum Gasteiger partial charge on any atom is 0.229 e. The zero-order valence-electron chi connectivity index (χ0n) is 19.2. The van der Waals surface area contributed by atoms with E-state index in [4.69, 9.17) is 19.3 Å². The molecule has 34 heavy (non-hydrogen) atoms. The van der Waals surface area contributed by atoms with E-state index in [0.29, 0.717) is 12.2 Å². The van der Waals surface area contributed by atoms with Gasteiger partial charge >= 0.3 is 0 Å². The molecule has 0 bridgehead atoms. The molecule has 0 aliphatic carbocycles. The lowest BCUT2D eigenvalue weighted by Crippen LogP contribution is -2.60. The number of aliphatic hydroxyl groups is 4. The predicted octanol–water partition coefficient (Wildman–Crippen LogP) is 0.781. The highest BCUT2D eigenvalue weighted by molar-refractivity contribution is 5.89. The third kappa shape index (κ3) is 4.14. The van der Waals surface area contributed by atoms with Crippen molar-refractivity contribution in [3.63, 3.8) is 0 Å². The second-order valence-corrected chi connectivity index (χ2v) is 9.08. The van der Waals surface area contributed by atoms with Crippen LogP contribution in [0.15, 0.2) is 30.3 Å². The van der Waals surface area contributed by atoms with Gasteiger partial charge in [0.2, 0.25) is 6.29 Å². The highest BCUT2D eigenvalue weighted by atomic mass is 16.7. The fourth-order valence-electron chi connectivity index (χ4n) is 4.78. The van der Waals surface area contributed by atoms with E-state index >= 15 is 0 Å². The van der Waals surface area contributed by atoms with Gasteiger partial charge in [0.05, 0.1) is 29.8 Å². The topological polar surface area (TPSA) is 126 Å². The molecule has 5 atom stereocenters. The van der Waals surface area contributed by atoms with Crippen molar-refractivity contribution in [2.24, 2.45) is 7.05 Å². The van der Waals surface area contributed by atoms with Crippen LogP contribution in [0.4, 0.5) is 0 Å². The summed E-state index contributed by atoms with van der Waals surface area (Å²) < 4.78 is 19.0. The number of aromatic nitrogens is 2. The minimum Gasteiger partial charge on any atom is -0.493 e. The number of aryl methyl sites for hydroxylation is 4. The first kappa shape index (κ1) is 23.1. The van der Waals surface area contributed by atoms with Gasteiger partial charge in [-0.1, -0.05) is 12.1 Å². The Morgan fingerprint density at radius 2 is 1.91 bits per heavy atom. The van der Waals surface area contributed by atoms with Crippen LogP contribution in [0.1, 0.15) is 22.4 Å². The molecule has 1 saturated heterocycles. The van der Waals surface area contributed by atoms with Gasteiger partial charge in [-0.3, -0.25) is 4.68 Å². The first-order valence-electron chi connectivity index (χ1n) is 11.5. The Labute approximate surface area is 197 Å². The maximum absolute atomic E-state index is 10.5. The lowest BCUT2D eigenvalue weighted by molar-refractivity contribution is -0.277. The van der Waals surface area contributed by atoms with Gasteiger partial charge in [-0.15, -0.1) is 0 Å². The summed E-state index contributed by atoms with van der Waals surface area (Å²) in [6.07, 6.45) is -4.35. The van der Waals surface area contributed by atoms with Crippen molar-refractivity contribution in [3.8, 4) is 11.5 Å². The zero-order chi connectivity index (χ0) is 24.0. The van der Waals surface area contributed by atoms with Gasteiger partial charge in [0.1, 0.15) is 35.9 Å². The standard InChI is InChI=1S/C25H30N2O7/c1-13-9-17-21(19(10-13)33-25-24(31)23(30)22(29)20(12-28)34-25)16(26-27(17)2)5-3-14-4-6-18-15(11-14)7-8-32-18/h4,6,9-11,20,22-25,28-31H,3,5,7-8,12H2,1-2H3. The molecule has 0 spiro atoms. The SMILES string of the molecule is Cc1cc(OC2OC(CO)C(O)C(O)C2O)c2c(CCc3ccc4c(c3)CCO4)nn(C)c2c1. The third-order valence-electron chi connectivity index (χ3n) is 6.63. The molecule has 1 fully saturated rings. The number of rotatable bonds is 6. The van der Waals surface area contributed by atoms with Crippen molar-refractivity contribution < 1.29 is 34.6 Å². The summed E-state index contributed by atoms with van der Waals surface area (Å²) in [6, 6.07) is 10.1. The van der Waals surface area contributed by atoms with Crippen LogP contribution < -0.4 is 9.47 Å². The van der Waals surface area contributed by atoms with Gasteiger partial charge in [0, 0.05) is 13.5 Å².